The molecule has 0 radical (unpaired) electrons. The predicted octanol–water partition coefficient (Wildman–Crippen LogP) is 3.16. The van der Waals surface area contributed by atoms with Crippen molar-refractivity contribution in [2.75, 3.05) is 17.7 Å². The average molecular weight is 373 g/mol. The molecule has 26 heavy (non-hydrogen) atoms. The molecule has 6 nitrogen and oxygen atoms in total. The van der Waals surface area contributed by atoms with Crippen molar-refractivity contribution in [3.8, 4) is 5.75 Å². The number of fused-ring (bicyclic) bond motifs is 1. The predicted molar refractivity (Wildman–Crippen MR) is 103 cm³/mol. The Balaban J connectivity index is 2.15. The lowest BCUT2D eigenvalue weighted by atomic mass is 9.86. The van der Waals surface area contributed by atoms with E-state index in [1.54, 1.807) is 0 Å². The third-order valence-corrected chi connectivity index (χ3v) is 5.57. The van der Waals surface area contributed by atoms with Crippen LogP contribution in [0.2, 0.25) is 0 Å². The molecule has 7 heteroatoms. The molecule has 0 saturated carbocycles. The second-order valence-electron chi connectivity index (χ2n) is 6.15. The first-order valence-electron chi connectivity index (χ1n) is 8.82. The normalized spacial score (nSPS) is 16.1. The van der Waals surface area contributed by atoms with Crippen LogP contribution in [0.3, 0.4) is 0 Å². The smallest absolute Gasteiger partial charge is 0.279 e. The second-order valence-corrected chi connectivity index (χ2v) is 7.21. The Hall–Kier alpha value is -2.28. The highest BCUT2D eigenvalue weighted by Crippen LogP contribution is 2.39. The fourth-order valence-corrected chi connectivity index (χ4v) is 4.00. The lowest BCUT2D eigenvalue weighted by Gasteiger charge is -2.28. The van der Waals surface area contributed by atoms with Crippen LogP contribution in [0, 0.1) is 0 Å². The zero-order chi connectivity index (χ0) is 18.7. The van der Waals surface area contributed by atoms with E-state index in [1.807, 2.05) is 42.8 Å². The van der Waals surface area contributed by atoms with Crippen LogP contribution in [0.25, 0.3) is 0 Å². The molecule has 0 fully saturated rings. The molecule has 0 bridgehead atoms. The van der Waals surface area contributed by atoms with Crippen LogP contribution in [0.15, 0.2) is 34.2 Å². The number of rotatable bonds is 6. The summed E-state index contributed by atoms with van der Waals surface area (Å²) in [4.78, 5) is 29.5. The summed E-state index contributed by atoms with van der Waals surface area (Å²) < 4.78 is 7.53. The number of para-hydroxylation sites is 1. The maximum atomic E-state index is 12.8. The number of carbonyl (C=O) groups is 1. The van der Waals surface area contributed by atoms with Gasteiger partial charge in [-0.3, -0.25) is 9.59 Å². The van der Waals surface area contributed by atoms with E-state index in [0.717, 1.165) is 17.7 Å². The van der Waals surface area contributed by atoms with Gasteiger partial charge in [0.05, 0.1) is 12.2 Å². The van der Waals surface area contributed by atoms with Crippen molar-refractivity contribution in [1.82, 2.24) is 9.55 Å². The molecule has 1 unspecified atom stereocenters. The first-order chi connectivity index (χ1) is 12.6. The van der Waals surface area contributed by atoms with Gasteiger partial charge in [0.25, 0.3) is 5.56 Å². The highest BCUT2D eigenvalue weighted by Gasteiger charge is 2.33. The van der Waals surface area contributed by atoms with Gasteiger partial charge in [-0.05, 0) is 19.4 Å². The number of ether oxygens (including phenoxy) is 1. The molecule has 3 rings (SSSR count). The zero-order valence-corrected chi connectivity index (χ0v) is 16.1. The van der Waals surface area contributed by atoms with E-state index in [2.05, 4.69) is 17.2 Å². The molecule has 1 atom stereocenters. The number of hydrogen-bond acceptors (Lipinski definition) is 5. The van der Waals surface area contributed by atoms with Gasteiger partial charge in [-0.2, -0.15) is 4.98 Å². The minimum Gasteiger partial charge on any atom is -0.494 e. The molecule has 1 aromatic heterocycles. The molecule has 0 saturated heterocycles. The van der Waals surface area contributed by atoms with Crippen LogP contribution in [0.1, 0.15) is 43.7 Å². The van der Waals surface area contributed by atoms with Crippen molar-refractivity contribution < 1.29 is 9.53 Å². The molecule has 1 aromatic carbocycles. The summed E-state index contributed by atoms with van der Waals surface area (Å²) in [6, 6.07) is 7.57. The molecular formula is C19H23N3O3S. The van der Waals surface area contributed by atoms with Crippen molar-refractivity contribution in [3.05, 3.63) is 45.7 Å². The van der Waals surface area contributed by atoms with E-state index in [9.17, 15) is 9.59 Å². The Morgan fingerprint density at radius 3 is 2.81 bits per heavy atom. The van der Waals surface area contributed by atoms with Crippen LogP contribution < -0.4 is 15.6 Å². The van der Waals surface area contributed by atoms with Gasteiger partial charge in [0.1, 0.15) is 11.6 Å². The SMILES string of the molecule is CCCSc1nc(=O)c2c(n1C)NC(=O)CC2c1ccccc1OCC. The summed E-state index contributed by atoms with van der Waals surface area (Å²) in [6.45, 7) is 4.51. The van der Waals surface area contributed by atoms with Crippen molar-refractivity contribution in [2.45, 2.75) is 37.8 Å². The first kappa shape index (κ1) is 18.5. The molecule has 2 aromatic rings. The Morgan fingerprint density at radius 1 is 1.31 bits per heavy atom. The number of thioether (sulfide) groups is 1. The summed E-state index contributed by atoms with van der Waals surface area (Å²) in [5.74, 6) is 1.63. The molecule has 0 aliphatic carbocycles. The molecule has 1 amide bonds. The first-order valence-corrected chi connectivity index (χ1v) is 9.80. The maximum absolute atomic E-state index is 12.8. The largest absolute Gasteiger partial charge is 0.494 e. The molecular weight excluding hydrogens is 350 g/mol. The summed E-state index contributed by atoms with van der Waals surface area (Å²) in [7, 11) is 1.83. The van der Waals surface area contributed by atoms with E-state index >= 15 is 0 Å². The lowest BCUT2D eigenvalue weighted by Crippen LogP contribution is -2.33. The standard InChI is InChI=1S/C19H23N3O3S/c1-4-10-26-19-21-18(24)16-13(11-15(23)20-17(16)22(19)3)12-8-6-7-9-14(12)25-5-2/h6-9,13H,4-5,10-11H2,1-3H3,(H,20,23). The second kappa shape index (κ2) is 7.95. The number of nitrogens with zero attached hydrogens (tertiary/aromatic N) is 2. The Labute approximate surface area is 157 Å². The topological polar surface area (TPSA) is 73.2 Å². The number of nitrogens with one attached hydrogen (secondary N) is 1. The minimum absolute atomic E-state index is 0.110. The fraction of sp³-hybridized carbons (Fsp3) is 0.421. The van der Waals surface area contributed by atoms with Crippen LogP contribution in [-0.4, -0.2) is 27.8 Å². The van der Waals surface area contributed by atoms with Gasteiger partial charge in [0, 0.05) is 30.7 Å². The summed E-state index contributed by atoms with van der Waals surface area (Å²) in [5, 5.41) is 3.49. The Morgan fingerprint density at radius 2 is 2.08 bits per heavy atom. The quantitative estimate of drug-likeness (QED) is 0.622. The van der Waals surface area contributed by atoms with Gasteiger partial charge < -0.3 is 14.6 Å². The minimum atomic E-state index is -0.363. The van der Waals surface area contributed by atoms with Crippen LogP contribution in [-0.2, 0) is 11.8 Å². The van der Waals surface area contributed by atoms with Gasteiger partial charge >= 0.3 is 0 Å². The monoisotopic (exact) mass is 373 g/mol. The zero-order valence-electron chi connectivity index (χ0n) is 15.2. The molecule has 2 heterocycles. The summed E-state index contributed by atoms with van der Waals surface area (Å²) in [6.07, 6.45) is 1.18. The van der Waals surface area contributed by atoms with Crippen molar-refractivity contribution in [3.63, 3.8) is 0 Å². The van der Waals surface area contributed by atoms with Crippen LogP contribution in [0.5, 0.6) is 5.75 Å². The van der Waals surface area contributed by atoms with E-state index < -0.39 is 0 Å². The van der Waals surface area contributed by atoms with Crippen molar-refractivity contribution in [1.29, 1.82) is 0 Å². The van der Waals surface area contributed by atoms with Crippen molar-refractivity contribution >= 4 is 23.5 Å². The third-order valence-electron chi connectivity index (χ3n) is 4.33. The average Bonchev–Trinajstić information content (AvgIpc) is 2.63. The van der Waals surface area contributed by atoms with E-state index in [0.29, 0.717) is 28.9 Å². The van der Waals surface area contributed by atoms with E-state index in [4.69, 9.17) is 4.74 Å². The van der Waals surface area contributed by atoms with Crippen LogP contribution in [0.4, 0.5) is 5.82 Å². The summed E-state index contributed by atoms with van der Waals surface area (Å²) in [5.41, 5.74) is 1.09. The van der Waals surface area contributed by atoms with Gasteiger partial charge in [-0.1, -0.05) is 36.9 Å². The third kappa shape index (κ3) is 3.49. The van der Waals surface area contributed by atoms with E-state index in [-0.39, 0.29) is 23.8 Å². The molecule has 138 valence electrons. The van der Waals surface area contributed by atoms with Crippen molar-refractivity contribution in [2.24, 2.45) is 7.05 Å². The van der Waals surface area contributed by atoms with Gasteiger partial charge in [0.15, 0.2) is 5.16 Å². The highest BCUT2D eigenvalue weighted by molar-refractivity contribution is 7.99. The number of anilines is 1. The van der Waals surface area contributed by atoms with Crippen LogP contribution >= 0.6 is 11.8 Å². The maximum Gasteiger partial charge on any atom is 0.279 e. The number of aromatic nitrogens is 2. The Bertz CT molecular complexity index is 879. The molecule has 1 N–H and O–H groups in total. The van der Waals surface area contributed by atoms with E-state index in [1.165, 1.54) is 11.8 Å². The number of hydrogen-bond donors (Lipinski definition) is 1. The Kier molecular flexibility index (Phi) is 5.66. The molecule has 0 spiro atoms. The molecule has 1 aliphatic heterocycles. The number of benzene rings is 1. The van der Waals surface area contributed by atoms with Gasteiger partial charge in [-0.25, -0.2) is 0 Å². The van der Waals surface area contributed by atoms with Gasteiger partial charge in [-0.15, -0.1) is 0 Å². The fourth-order valence-electron chi connectivity index (χ4n) is 3.18. The highest BCUT2D eigenvalue weighted by atomic mass is 32.2. The number of carbonyl (C=O) groups excluding carboxylic acids is 1. The lowest BCUT2D eigenvalue weighted by molar-refractivity contribution is -0.116. The molecule has 1 aliphatic rings. The van der Waals surface area contributed by atoms with Gasteiger partial charge in [0.2, 0.25) is 5.91 Å². The number of amides is 1. The summed E-state index contributed by atoms with van der Waals surface area (Å²) >= 11 is 1.52.